The molecule has 0 aliphatic carbocycles. The molecule has 7 nitrogen and oxygen atoms in total. The number of hydrogen-bond acceptors (Lipinski definition) is 6. The average molecular weight is 872 g/mol. The van der Waals surface area contributed by atoms with Gasteiger partial charge in [0.05, 0.1) is 13.2 Å². The number of hydrogen-bond donors (Lipinski definition) is 0. The average Bonchev–Trinajstić information content (AvgIpc) is 3.68. The fourth-order valence-electron chi connectivity index (χ4n) is 9.08. The Morgan fingerprint density at radius 3 is 1.13 bits per heavy atom. The second-order valence-corrected chi connectivity index (χ2v) is 19.3. The fourth-order valence-corrected chi connectivity index (χ4v) is 9.08. The minimum Gasteiger partial charge on any atom is -0.465 e. The minimum atomic E-state index is -0.0473. The number of aryl methyl sites for hydroxylation is 2. The van der Waals surface area contributed by atoms with Crippen molar-refractivity contribution in [2.24, 2.45) is 11.8 Å². The monoisotopic (exact) mass is 872 g/mol. The maximum absolute atomic E-state index is 13.1. The largest absolute Gasteiger partial charge is 0.465 e. The maximum Gasteiger partial charge on any atom is 0.305 e. The number of ether oxygens (including phenoxy) is 2. The molecule has 0 amide bonds. The van der Waals surface area contributed by atoms with Crippen LogP contribution < -0.4 is 0 Å². The number of rotatable bonds is 48. The summed E-state index contributed by atoms with van der Waals surface area (Å²) in [6.07, 6.45) is 49.2. The SMILES string of the molecule is CCCCCCCCCCC(CCCCCCCC)COC(=O)CCCN(CCCC(=O)OCC(CCCCCCCC)CCCCCCCCCC)CCCn1ccnc1C. The number of aromatic nitrogens is 2. The molecule has 1 rings (SSSR count). The van der Waals surface area contributed by atoms with Gasteiger partial charge in [0.15, 0.2) is 0 Å². The van der Waals surface area contributed by atoms with Gasteiger partial charge in [-0.1, -0.05) is 207 Å². The lowest BCUT2D eigenvalue weighted by atomic mass is 9.94. The van der Waals surface area contributed by atoms with Gasteiger partial charge in [0.25, 0.3) is 0 Å². The molecule has 2 atom stereocenters. The molecule has 0 fully saturated rings. The molecule has 0 radical (unpaired) electrons. The quantitative estimate of drug-likeness (QED) is 0.0480. The van der Waals surface area contributed by atoms with Crippen molar-refractivity contribution in [1.29, 1.82) is 0 Å². The van der Waals surface area contributed by atoms with Gasteiger partial charge in [-0.25, -0.2) is 4.98 Å². The molecule has 0 saturated carbocycles. The molecule has 0 aromatic carbocycles. The Labute approximate surface area is 385 Å². The van der Waals surface area contributed by atoms with Crippen molar-refractivity contribution in [3.05, 3.63) is 18.2 Å². The van der Waals surface area contributed by atoms with E-state index in [1.807, 2.05) is 6.20 Å². The first-order valence-electron chi connectivity index (χ1n) is 27.4. The summed E-state index contributed by atoms with van der Waals surface area (Å²) in [7, 11) is 0. The predicted molar refractivity (Wildman–Crippen MR) is 266 cm³/mol. The second-order valence-electron chi connectivity index (χ2n) is 19.3. The molecule has 7 heteroatoms. The van der Waals surface area contributed by atoms with Crippen LogP contribution in [0.5, 0.6) is 0 Å². The molecular weight excluding hydrogens is 767 g/mol. The zero-order chi connectivity index (χ0) is 45.0. The van der Waals surface area contributed by atoms with Gasteiger partial charge >= 0.3 is 11.9 Å². The first kappa shape index (κ1) is 58.1. The predicted octanol–water partition coefficient (Wildman–Crippen LogP) is 16.3. The van der Waals surface area contributed by atoms with E-state index < -0.39 is 0 Å². The van der Waals surface area contributed by atoms with Crippen LogP contribution in [0, 0.1) is 18.8 Å². The highest BCUT2D eigenvalue weighted by atomic mass is 16.5. The van der Waals surface area contributed by atoms with Crippen LogP contribution in [0.4, 0.5) is 0 Å². The van der Waals surface area contributed by atoms with Gasteiger partial charge in [0.1, 0.15) is 5.82 Å². The van der Waals surface area contributed by atoms with E-state index in [1.54, 1.807) is 0 Å². The third-order valence-corrected chi connectivity index (χ3v) is 13.3. The van der Waals surface area contributed by atoms with E-state index in [9.17, 15) is 9.59 Å². The van der Waals surface area contributed by atoms with Crippen LogP contribution in [0.15, 0.2) is 12.4 Å². The molecule has 1 aromatic heterocycles. The van der Waals surface area contributed by atoms with Gasteiger partial charge in [0.2, 0.25) is 0 Å². The van der Waals surface area contributed by atoms with Crippen molar-refractivity contribution in [2.45, 2.75) is 279 Å². The van der Waals surface area contributed by atoms with Crippen molar-refractivity contribution in [2.75, 3.05) is 32.8 Å². The Kier molecular flexibility index (Phi) is 41.6. The minimum absolute atomic E-state index is 0.0473. The Hall–Kier alpha value is -1.89. The van der Waals surface area contributed by atoms with Crippen molar-refractivity contribution in [3.63, 3.8) is 0 Å². The highest BCUT2D eigenvalue weighted by Crippen LogP contribution is 2.22. The van der Waals surface area contributed by atoms with Gasteiger partial charge in [0, 0.05) is 31.8 Å². The summed E-state index contributed by atoms with van der Waals surface area (Å²) < 4.78 is 14.2. The number of imidazole rings is 1. The van der Waals surface area contributed by atoms with Gasteiger partial charge in [-0.3, -0.25) is 9.59 Å². The lowest BCUT2D eigenvalue weighted by Crippen LogP contribution is -2.29. The molecule has 364 valence electrons. The van der Waals surface area contributed by atoms with Crippen LogP contribution in [0.1, 0.15) is 271 Å². The summed E-state index contributed by atoms with van der Waals surface area (Å²) in [6, 6.07) is 0. The van der Waals surface area contributed by atoms with Crippen LogP contribution in [0.2, 0.25) is 0 Å². The number of esters is 2. The lowest BCUT2D eigenvalue weighted by Gasteiger charge is -2.23. The van der Waals surface area contributed by atoms with Crippen LogP contribution in [-0.2, 0) is 25.6 Å². The maximum atomic E-state index is 13.1. The third kappa shape index (κ3) is 36.4. The Morgan fingerprint density at radius 1 is 0.484 bits per heavy atom. The molecule has 62 heavy (non-hydrogen) atoms. The van der Waals surface area contributed by atoms with Crippen LogP contribution in [0.3, 0.4) is 0 Å². The van der Waals surface area contributed by atoms with E-state index in [0.717, 1.165) is 51.3 Å². The third-order valence-electron chi connectivity index (χ3n) is 13.3. The van der Waals surface area contributed by atoms with Gasteiger partial charge < -0.3 is 18.9 Å². The Balaban J connectivity index is 2.60. The summed E-state index contributed by atoms with van der Waals surface area (Å²) in [5, 5.41) is 0. The molecular formula is C55H105N3O4. The van der Waals surface area contributed by atoms with E-state index in [4.69, 9.17) is 9.47 Å². The molecule has 0 N–H and O–H groups in total. The Bertz CT molecular complexity index is 1050. The van der Waals surface area contributed by atoms with Crippen molar-refractivity contribution < 1.29 is 19.1 Å². The van der Waals surface area contributed by atoms with Crippen molar-refractivity contribution in [3.8, 4) is 0 Å². The smallest absolute Gasteiger partial charge is 0.305 e. The summed E-state index contributed by atoms with van der Waals surface area (Å²) in [6.45, 7) is 15.9. The molecule has 1 heterocycles. The molecule has 0 bridgehead atoms. The lowest BCUT2D eigenvalue weighted by molar-refractivity contribution is -0.146. The molecule has 2 unspecified atom stereocenters. The zero-order valence-corrected chi connectivity index (χ0v) is 42.2. The zero-order valence-electron chi connectivity index (χ0n) is 42.2. The van der Waals surface area contributed by atoms with Crippen molar-refractivity contribution in [1.82, 2.24) is 14.5 Å². The first-order valence-corrected chi connectivity index (χ1v) is 27.4. The molecule has 1 aromatic rings. The summed E-state index contributed by atoms with van der Waals surface area (Å²) in [5.74, 6) is 1.92. The van der Waals surface area contributed by atoms with Gasteiger partial charge in [-0.05, 0) is 83.3 Å². The molecule has 0 saturated heterocycles. The molecule has 0 aliphatic heterocycles. The van der Waals surface area contributed by atoms with Gasteiger partial charge in [-0.2, -0.15) is 0 Å². The normalized spacial score (nSPS) is 12.6. The summed E-state index contributed by atoms with van der Waals surface area (Å²) >= 11 is 0. The van der Waals surface area contributed by atoms with E-state index in [0.29, 0.717) is 37.9 Å². The van der Waals surface area contributed by atoms with Crippen molar-refractivity contribution >= 4 is 11.9 Å². The standard InChI is InChI=1S/C55H105N3O4/c1-6-10-14-18-22-24-28-32-39-52(37-30-26-20-16-12-8-3)49-61-54(59)41-34-44-57(46-36-47-58-48-43-56-51(58)5)45-35-42-55(60)62-50-53(38-31-27-21-17-13-9-4)40-33-29-25-23-19-15-11-7-2/h43,48,52-53H,6-42,44-47,49-50H2,1-5H3. The molecule has 0 spiro atoms. The fraction of sp³-hybridized carbons (Fsp3) is 0.909. The Morgan fingerprint density at radius 2 is 0.806 bits per heavy atom. The second kappa shape index (κ2) is 44.3. The number of unbranched alkanes of at least 4 members (excludes halogenated alkanes) is 24. The van der Waals surface area contributed by atoms with E-state index in [-0.39, 0.29) is 11.9 Å². The van der Waals surface area contributed by atoms with E-state index >= 15 is 0 Å². The first-order chi connectivity index (χ1) is 30.4. The summed E-state index contributed by atoms with van der Waals surface area (Å²) in [5.41, 5.74) is 0. The van der Waals surface area contributed by atoms with E-state index in [1.165, 1.54) is 205 Å². The molecule has 0 aliphatic rings. The van der Waals surface area contributed by atoms with Crippen LogP contribution in [-0.4, -0.2) is 59.2 Å². The van der Waals surface area contributed by atoms with E-state index in [2.05, 4.69) is 55.3 Å². The van der Waals surface area contributed by atoms with Gasteiger partial charge in [-0.15, -0.1) is 0 Å². The highest BCUT2D eigenvalue weighted by molar-refractivity contribution is 5.69. The number of carbonyl (C=O) groups is 2. The summed E-state index contributed by atoms with van der Waals surface area (Å²) in [4.78, 5) is 33.0. The van der Waals surface area contributed by atoms with Crippen LogP contribution >= 0.6 is 0 Å². The highest BCUT2D eigenvalue weighted by Gasteiger charge is 2.16. The number of nitrogens with zero attached hydrogens (tertiary/aromatic N) is 3. The topological polar surface area (TPSA) is 73.7 Å². The van der Waals surface area contributed by atoms with Crippen LogP contribution in [0.25, 0.3) is 0 Å². The number of carbonyl (C=O) groups excluding carboxylic acids is 2.